The smallest absolute Gasteiger partial charge is 0.220 e. The second kappa shape index (κ2) is 29.2. The Morgan fingerprint density at radius 3 is 1.89 bits per heavy atom. The molecule has 2 amide bonds. The SMILES string of the molecule is CCCCCCCCCCCCCC[C@@H](O)C(O)[C@H](COC1OC(CNC(=O)CCC(=O)c2ccc3cc(N(C)C)ccc3c2)C(O)C(O)C1O)NC(=O)CCCCCCC. The van der Waals surface area contributed by atoms with Crippen LogP contribution in [-0.2, 0) is 19.1 Å². The molecule has 61 heavy (non-hydrogen) atoms. The van der Waals surface area contributed by atoms with Crippen LogP contribution in [0.15, 0.2) is 36.4 Å². The summed E-state index contributed by atoms with van der Waals surface area (Å²) in [5.74, 6) is -0.976. The van der Waals surface area contributed by atoms with E-state index >= 15 is 0 Å². The number of aliphatic hydroxyl groups is 5. The summed E-state index contributed by atoms with van der Waals surface area (Å²) in [5, 5.41) is 61.8. The van der Waals surface area contributed by atoms with E-state index in [9.17, 15) is 39.9 Å². The lowest BCUT2D eigenvalue weighted by atomic mass is 9.98. The normalized spacial score (nSPS) is 20.6. The molecule has 2 aromatic carbocycles. The maximum absolute atomic E-state index is 13.0. The number of unbranched alkanes of at least 4 members (excludes halogenated alkanes) is 15. The Labute approximate surface area is 365 Å². The maximum Gasteiger partial charge on any atom is 0.220 e. The molecule has 6 unspecified atom stereocenters. The molecule has 1 heterocycles. The number of fused-ring (bicyclic) bond motifs is 1. The first kappa shape index (κ1) is 52.2. The first-order valence-corrected chi connectivity index (χ1v) is 23.3. The summed E-state index contributed by atoms with van der Waals surface area (Å²) in [6.07, 6.45) is 9.06. The van der Waals surface area contributed by atoms with Crippen LogP contribution < -0.4 is 15.5 Å². The monoisotopic (exact) mass is 858 g/mol. The van der Waals surface area contributed by atoms with Gasteiger partial charge < -0.3 is 50.5 Å². The maximum atomic E-state index is 13.0. The molecule has 1 aliphatic heterocycles. The zero-order valence-corrected chi connectivity index (χ0v) is 37.6. The van der Waals surface area contributed by atoms with Gasteiger partial charge in [0.15, 0.2) is 12.1 Å². The summed E-state index contributed by atoms with van der Waals surface area (Å²) < 4.78 is 11.7. The van der Waals surface area contributed by atoms with Crippen molar-refractivity contribution in [2.24, 2.45) is 0 Å². The highest BCUT2D eigenvalue weighted by Gasteiger charge is 2.45. The fourth-order valence-electron chi connectivity index (χ4n) is 7.81. The summed E-state index contributed by atoms with van der Waals surface area (Å²) in [4.78, 5) is 40.8. The lowest BCUT2D eigenvalue weighted by Crippen LogP contribution is -2.61. The van der Waals surface area contributed by atoms with Gasteiger partial charge in [-0.05, 0) is 41.8 Å². The topological polar surface area (TPSA) is 198 Å². The number of hydrogen-bond acceptors (Lipinski definition) is 11. The van der Waals surface area contributed by atoms with E-state index in [0.717, 1.165) is 61.4 Å². The predicted molar refractivity (Wildman–Crippen MR) is 240 cm³/mol. The van der Waals surface area contributed by atoms with Gasteiger partial charge in [0, 0.05) is 51.2 Å². The number of hydrogen-bond donors (Lipinski definition) is 7. The van der Waals surface area contributed by atoms with Crippen molar-refractivity contribution in [2.75, 3.05) is 32.1 Å². The molecule has 1 aliphatic rings. The average molecular weight is 858 g/mol. The first-order valence-electron chi connectivity index (χ1n) is 23.3. The number of anilines is 1. The number of nitrogens with one attached hydrogen (secondary N) is 2. The summed E-state index contributed by atoms with van der Waals surface area (Å²) in [6, 6.07) is 10.3. The summed E-state index contributed by atoms with van der Waals surface area (Å²) >= 11 is 0. The van der Waals surface area contributed by atoms with Gasteiger partial charge in [0.1, 0.15) is 30.5 Å². The standard InChI is InChI=1S/C48H79N3O10/c1-5-7-9-11-12-13-14-15-16-17-19-20-22-40(53)44(56)38(50-43(55)23-21-18-10-8-6-2)33-60-48-47(59)46(58)45(57)41(61-48)32-49-42(54)29-28-39(52)36-25-24-35-31-37(51(3)4)27-26-34(35)30-36/h24-27,30-31,38,40-41,44-48,53,56-59H,5-23,28-29,32-33H2,1-4H3,(H,49,54)(H,50,55)/t38-,40+,41?,44?,45?,46?,47?,48?/m0/s1. The molecular formula is C48H79N3O10. The highest BCUT2D eigenvalue weighted by molar-refractivity contribution is 6.01. The number of ketones is 1. The van der Waals surface area contributed by atoms with E-state index in [1.54, 1.807) is 12.1 Å². The molecule has 2 aromatic rings. The van der Waals surface area contributed by atoms with Crippen molar-refractivity contribution in [1.29, 1.82) is 0 Å². The zero-order chi connectivity index (χ0) is 44.6. The molecule has 13 heteroatoms. The number of nitrogens with zero attached hydrogens (tertiary/aromatic N) is 1. The number of benzene rings is 2. The van der Waals surface area contributed by atoms with E-state index in [-0.39, 0.29) is 44.1 Å². The Kier molecular flexibility index (Phi) is 25.0. The van der Waals surface area contributed by atoms with Crippen LogP contribution in [-0.4, -0.2) is 119 Å². The molecular weight excluding hydrogens is 779 g/mol. The third-order valence-corrected chi connectivity index (χ3v) is 11.9. The van der Waals surface area contributed by atoms with Crippen LogP contribution in [0.3, 0.4) is 0 Å². The van der Waals surface area contributed by atoms with Gasteiger partial charge in [-0.15, -0.1) is 0 Å². The van der Waals surface area contributed by atoms with Crippen molar-refractivity contribution >= 4 is 34.1 Å². The van der Waals surface area contributed by atoms with Crippen molar-refractivity contribution in [3.05, 3.63) is 42.0 Å². The number of rotatable bonds is 32. The van der Waals surface area contributed by atoms with Crippen LogP contribution in [0.2, 0.25) is 0 Å². The van der Waals surface area contributed by atoms with Gasteiger partial charge in [-0.25, -0.2) is 0 Å². The third-order valence-electron chi connectivity index (χ3n) is 11.9. The third kappa shape index (κ3) is 19.0. The molecule has 0 saturated carbocycles. The zero-order valence-electron chi connectivity index (χ0n) is 37.6. The summed E-state index contributed by atoms with van der Waals surface area (Å²) in [6.45, 7) is 3.73. The molecule has 0 aromatic heterocycles. The molecule has 1 saturated heterocycles. The molecule has 0 radical (unpaired) electrons. The van der Waals surface area contributed by atoms with E-state index in [4.69, 9.17) is 9.47 Å². The van der Waals surface area contributed by atoms with Gasteiger partial charge in [0.2, 0.25) is 11.8 Å². The van der Waals surface area contributed by atoms with Gasteiger partial charge in [-0.1, -0.05) is 135 Å². The number of amides is 2. The molecule has 0 bridgehead atoms. The molecule has 3 rings (SSSR count). The molecule has 0 spiro atoms. The number of carbonyl (C=O) groups excluding carboxylic acids is 3. The minimum atomic E-state index is -1.69. The minimum Gasteiger partial charge on any atom is -0.390 e. The average Bonchev–Trinajstić information content (AvgIpc) is 3.25. The Hall–Kier alpha value is -3.17. The second-order valence-corrected chi connectivity index (χ2v) is 17.3. The van der Waals surface area contributed by atoms with Crippen LogP contribution in [0.25, 0.3) is 10.8 Å². The van der Waals surface area contributed by atoms with Crippen molar-refractivity contribution in [3.8, 4) is 0 Å². The highest BCUT2D eigenvalue weighted by Crippen LogP contribution is 2.25. The predicted octanol–water partition coefficient (Wildman–Crippen LogP) is 6.47. The van der Waals surface area contributed by atoms with E-state index in [1.165, 1.54) is 51.4 Å². The van der Waals surface area contributed by atoms with Crippen molar-refractivity contribution < 1.29 is 49.4 Å². The molecule has 0 aliphatic carbocycles. The van der Waals surface area contributed by atoms with Gasteiger partial charge >= 0.3 is 0 Å². The van der Waals surface area contributed by atoms with Crippen molar-refractivity contribution in [3.63, 3.8) is 0 Å². The molecule has 1 fully saturated rings. The number of ether oxygens (including phenoxy) is 2. The first-order chi connectivity index (χ1) is 29.4. The fourth-order valence-corrected chi connectivity index (χ4v) is 7.81. The molecule has 346 valence electrons. The quantitative estimate of drug-likeness (QED) is 0.0315. The fraction of sp³-hybridized carbons (Fsp3) is 0.729. The van der Waals surface area contributed by atoms with Crippen LogP contribution in [0.1, 0.15) is 159 Å². The molecule has 13 nitrogen and oxygen atoms in total. The van der Waals surface area contributed by atoms with Gasteiger partial charge in [-0.3, -0.25) is 14.4 Å². The second-order valence-electron chi connectivity index (χ2n) is 17.3. The van der Waals surface area contributed by atoms with E-state index in [0.29, 0.717) is 24.8 Å². The summed E-state index contributed by atoms with van der Waals surface area (Å²) in [5.41, 5.74) is 1.53. The highest BCUT2D eigenvalue weighted by atomic mass is 16.7. The molecule has 7 N–H and O–H groups in total. The van der Waals surface area contributed by atoms with Gasteiger partial charge in [0.05, 0.1) is 18.8 Å². The van der Waals surface area contributed by atoms with E-state index in [1.807, 2.05) is 43.3 Å². The van der Waals surface area contributed by atoms with E-state index < -0.39 is 54.9 Å². The minimum absolute atomic E-state index is 0.0480. The Morgan fingerprint density at radius 2 is 1.26 bits per heavy atom. The Balaban J connectivity index is 1.50. The molecule has 8 atom stereocenters. The lowest BCUT2D eigenvalue weighted by molar-refractivity contribution is -0.297. The van der Waals surface area contributed by atoms with Gasteiger partial charge in [0.25, 0.3) is 0 Å². The van der Waals surface area contributed by atoms with Gasteiger partial charge in [-0.2, -0.15) is 0 Å². The van der Waals surface area contributed by atoms with Crippen LogP contribution in [0.4, 0.5) is 5.69 Å². The largest absolute Gasteiger partial charge is 0.390 e. The number of carbonyl (C=O) groups is 3. The Bertz CT molecular complexity index is 1560. The van der Waals surface area contributed by atoms with Crippen LogP contribution in [0, 0.1) is 0 Å². The van der Waals surface area contributed by atoms with Crippen molar-refractivity contribution in [1.82, 2.24) is 10.6 Å². The summed E-state index contributed by atoms with van der Waals surface area (Å²) in [7, 11) is 3.92. The Morgan fingerprint density at radius 1 is 0.689 bits per heavy atom. The number of Topliss-reactive ketones (excluding diaryl/α,β-unsaturated/α-hetero) is 1. The van der Waals surface area contributed by atoms with E-state index in [2.05, 4.69) is 24.5 Å². The van der Waals surface area contributed by atoms with Crippen LogP contribution >= 0.6 is 0 Å². The number of aliphatic hydroxyl groups excluding tert-OH is 5. The van der Waals surface area contributed by atoms with Crippen molar-refractivity contribution in [2.45, 2.75) is 198 Å². The van der Waals surface area contributed by atoms with Crippen LogP contribution in [0.5, 0.6) is 0 Å². The lowest BCUT2D eigenvalue weighted by Gasteiger charge is -2.41.